The molecule has 288 valence electrons. The van der Waals surface area contributed by atoms with Gasteiger partial charge in [0.2, 0.25) is 0 Å². The lowest BCUT2D eigenvalue weighted by Crippen LogP contribution is -2.00. The summed E-state index contributed by atoms with van der Waals surface area (Å²) in [6.07, 6.45) is 1.83. The molecule has 0 atom stereocenters. The SMILES string of the molecule is c1ccc2cc3cc(-c4ccc(-c5nc(-c6ccc(-c7ccc8cc9ccccc9cc8c7)cc6)nc(-c6ccc(-c7ccc8ncccc8c7)cc6)n5)cc4)ccc3cc2c1. The molecule has 0 spiro atoms. The minimum absolute atomic E-state index is 0.621. The van der Waals surface area contributed by atoms with Crippen molar-refractivity contribution in [3.63, 3.8) is 0 Å². The van der Waals surface area contributed by atoms with Crippen LogP contribution in [0.5, 0.6) is 0 Å². The van der Waals surface area contributed by atoms with Crippen LogP contribution in [0.2, 0.25) is 0 Å². The molecule has 0 aliphatic rings. The van der Waals surface area contributed by atoms with Crippen LogP contribution in [0.1, 0.15) is 0 Å². The van der Waals surface area contributed by atoms with E-state index in [1.807, 2.05) is 12.3 Å². The standard InChI is InChI=1S/C58H36N4/c1-3-8-45-33-53-35-47(23-25-50(53)30-43(45)6-1)37-11-17-40(18-12-37)56-60-57(62-58(61-56)42-21-15-39(16-22-42)49-27-28-55-52(32-49)10-5-29-59-55)41-19-13-38(14-20-41)48-24-26-51-31-44-7-2-4-9-46(44)34-54(51)36-48/h1-36H. The van der Waals surface area contributed by atoms with Crippen molar-refractivity contribution >= 4 is 54.0 Å². The summed E-state index contributed by atoms with van der Waals surface area (Å²) < 4.78 is 0. The third-order valence-corrected chi connectivity index (χ3v) is 12.1. The first kappa shape index (κ1) is 35.6. The molecule has 0 amide bonds. The lowest BCUT2D eigenvalue weighted by molar-refractivity contribution is 1.07. The summed E-state index contributed by atoms with van der Waals surface area (Å²) in [7, 11) is 0. The Labute approximate surface area is 358 Å². The molecule has 0 aliphatic carbocycles. The molecule has 0 N–H and O–H groups in total. The summed E-state index contributed by atoms with van der Waals surface area (Å²) in [6, 6.07) is 75.6. The maximum Gasteiger partial charge on any atom is 0.164 e. The Balaban J connectivity index is 0.905. The number of hydrogen-bond acceptors (Lipinski definition) is 4. The van der Waals surface area contributed by atoms with Gasteiger partial charge in [-0.15, -0.1) is 0 Å². The molecule has 0 saturated carbocycles. The van der Waals surface area contributed by atoms with Crippen LogP contribution in [0.25, 0.3) is 122 Å². The van der Waals surface area contributed by atoms with Crippen molar-refractivity contribution in [2.24, 2.45) is 0 Å². The summed E-state index contributed by atoms with van der Waals surface area (Å²) in [5.41, 5.74) is 10.6. The minimum atomic E-state index is 0.621. The maximum absolute atomic E-state index is 5.11. The Bertz CT molecular complexity index is 3490. The lowest BCUT2D eigenvalue weighted by Gasteiger charge is -2.11. The van der Waals surface area contributed by atoms with Crippen molar-refractivity contribution in [2.45, 2.75) is 0 Å². The fourth-order valence-electron chi connectivity index (χ4n) is 8.69. The zero-order valence-corrected chi connectivity index (χ0v) is 33.6. The first-order chi connectivity index (χ1) is 30.6. The first-order valence-corrected chi connectivity index (χ1v) is 20.9. The molecule has 0 unspecified atom stereocenters. The van der Waals surface area contributed by atoms with Gasteiger partial charge in [-0.25, -0.2) is 15.0 Å². The molecule has 0 aliphatic heterocycles. The summed E-state index contributed by atoms with van der Waals surface area (Å²) in [4.78, 5) is 19.8. The van der Waals surface area contributed by atoms with Gasteiger partial charge in [-0.1, -0.05) is 158 Å². The van der Waals surface area contributed by atoms with Gasteiger partial charge in [-0.3, -0.25) is 4.98 Å². The summed E-state index contributed by atoms with van der Waals surface area (Å²) >= 11 is 0. The zero-order valence-electron chi connectivity index (χ0n) is 33.6. The number of pyridine rings is 1. The van der Waals surface area contributed by atoms with Gasteiger partial charge < -0.3 is 0 Å². The Kier molecular flexibility index (Phi) is 8.46. The van der Waals surface area contributed by atoms with E-state index < -0.39 is 0 Å². The molecule has 2 aromatic heterocycles. The molecule has 12 rings (SSSR count). The molecule has 4 heteroatoms. The average Bonchev–Trinajstić information content (AvgIpc) is 3.34. The van der Waals surface area contributed by atoms with Crippen molar-refractivity contribution < 1.29 is 0 Å². The van der Waals surface area contributed by atoms with E-state index >= 15 is 0 Å². The van der Waals surface area contributed by atoms with Crippen LogP contribution < -0.4 is 0 Å². The molecular formula is C58H36N4. The van der Waals surface area contributed by atoms with E-state index in [-0.39, 0.29) is 0 Å². The Morgan fingerprint density at radius 2 is 0.516 bits per heavy atom. The second-order valence-corrected chi connectivity index (χ2v) is 16.0. The Morgan fingerprint density at radius 1 is 0.210 bits per heavy atom. The van der Waals surface area contributed by atoms with E-state index in [9.17, 15) is 0 Å². The van der Waals surface area contributed by atoms with Gasteiger partial charge >= 0.3 is 0 Å². The fourth-order valence-corrected chi connectivity index (χ4v) is 8.69. The maximum atomic E-state index is 5.11. The molecule has 0 radical (unpaired) electrons. The van der Waals surface area contributed by atoms with Crippen molar-refractivity contribution in [1.82, 2.24) is 19.9 Å². The van der Waals surface area contributed by atoms with Crippen molar-refractivity contribution in [3.8, 4) is 67.5 Å². The van der Waals surface area contributed by atoms with Crippen LogP contribution in [0.15, 0.2) is 219 Å². The molecular weight excluding hydrogens is 753 g/mol. The quantitative estimate of drug-likeness (QED) is 0.158. The highest BCUT2D eigenvalue weighted by Gasteiger charge is 2.14. The highest BCUT2D eigenvalue weighted by Crippen LogP contribution is 2.33. The summed E-state index contributed by atoms with van der Waals surface area (Å²) in [5.74, 6) is 1.87. The number of benzene rings is 10. The van der Waals surface area contributed by atoms with E-state index in [0.717, 1.165) is 49.8 Å². The highest BCUT2D eigenvalue weighted by molar-refractivity contribution is 6.01. The monoisotopic (exact) mass is 788 g/mol. The van der Waals surface area contributed by atoms with Gasteiger partial charge in [0.1, 0.15) is 0 Å². The van der Waals surface area contributed by atoms with Crippen molar-refractivity contribution in [2.75, 3.05) is 0 Å². The number of aromatic nitrogens is 4. The number of rotatable bonds is 6. The molecule has 12 aromatic rings. The van der Waals surface area contributed by atoms with E-state index in [1.165, 1.54) is 54.2 Å². The summed E-state index contributed by atoms with van der Waals surface area (Å²) in [6.45, 7) is 0. The van der Waals surface area contributed by atoms with Crippen LogP contribution >= 0.6 is 0 Å². The minimum Gasteiger partial charge on any atom is -0.256 e. The number of fused-ring (bicyclic) bond motifs is 5. The van der Waals surface area contributed by atoms with Crippen LogP contribution in [0.4, 0.5) is 0 Å². The van der Waals surface area contributed by atoms with E-state index in [4.69, 9.17) is 15.0 Å². The Morgan fingerprint density at radius 3 is 0.935 bits per heavy atom. The van der Waals surface area contributed by atoms with Gasteiger partial charge in [0.15, 0.2) is 17.5 Å². The van der Waals surface area contributed by atoms with E-state index in [1.54, 1.807) is 0 Å². The van der Waals surface area contributed by atoms with Gasteiger partial charge in [0, 0.05) is 28.3 Å². The molecule has 0 fully saturated rings. The average molecular weight is 789 g/mol. The zero-order chi connectivity index (χ0) is 41.0. The predicted molar refractivity (Wildman–Crippen MR) is 258 cm³/mol. The molecule has 0 saturated heterocycles. The van der Waals surface area contributed by atoms with Crippen LogP contribution in [-0.4, -0.2) is 19.9 Å². The molecule has 4 nitrogen and oxygen atoms in total. The van der Waals surface area contributed by atoms with Crippen LogP contribution in [0.3, 0.4) is 0 Å². The third kappa shape index (κ3) is 6.61. The first-order valence-electron chi connectivity index (χ1n) is 20.9. The summed E-state index contributed by atoms with van der Waals surface area (Å²) in [5, 5.41) is 11.0. The highest BCUT2D eigenvalue weighted by atomic mass is 15.0. The van der Waals surface area contributed by atoms with Gasteiger partial charge in [0.25, 0.3) is 0 Å². The second-order valence-electron chi connectivity index (χ2n) is 16.0. The molecule has 0 bridgehead atoms. The molecule has 2 heterocycles. The van der Waals surface area contributed by atoms with Crippen molar-refractivity contribution in [3.05, 3.63) is 219 Å². The van der Waals surface area contributed by atoms with Gasteiger partial charge in [-0.05, 0) is 131 Å². The van der Waals surface area contributed by atoms with E-state index in [0.29, 0.717) is 17.5 Å². The smallest absolute Gasteiger partial charge is 0.164 e. The number of hydrogen-bond donors (Lipinski definition) is 0. The van der Waals surface area contributed by atoms with Gasteiger partial charge in [-0.2, -0.15) is 0 Å². The third-order valence-electron chi connectivity index (χ3n) is 12.1. The fraction of sp³-hybridized carbons (Fsp3) is 0. The van der Waals surface area contributed by atoms with Gasteiger partial charge in [0.05, 0.1) is 5.52 Å². The number of nitrogens with zero attached hydrogens (tertiary/aromatic N) is 4. The molecule has 10 aromatic carbocycles. The lowest BCUT2D eigenvalue weighted by atomic mass is 9.98. The molecule has 62 heavy (non-hydrogen) atoms. The predicted octanol–water partition coefficient (Wildman–Crippen LogP) is 15.0. The van der Waals surface area contributed by atoms with Crippen molar-refractivity contribution in [1.29, 1.82) is 0 Å². The Hall–Kier alpha value is -8.34. The van der Waals surface area contributed by atoms with Crippen LogP contribution in [0, 0.1) is 0 Å². The van der Waals surface area contributed by atoms with Crippen LogP contribution in [-0.2, 0) is 0 Å². The largest absolute Gasteiger partial charge is 0.256 e. The topological polar surface area (TPSA) is 51.6 Å². The second kappa shape index (κ2) is 14.7. The normalized spacial score (nSPS) is 11.5. The van der Waals surface area contributed by atoms with E-state index in [2.05, 4.69) is 211 Å².